The van der Waals surface area contributed by atoms with Gasteiger partial charge in [0.2, 0.25) is 0 Å². The van der Waals surface area contributed by atoms with Gasteiger partial charge in [0.15, 0.2) is 6.61 Å². The number of hydrogen-bond acceptors (Lipinski definition) is 5. The molecule has 7 nitrogen and oxygen atoms in total. The predicted molar refractivity (Wildman–Crippen MR) is 117 cm³/mol. The smallest absolute Gasteiger partial charge is 0.276 e. The predicted octanol–water partition coefficient (Wildman–Crippen LogP) is 3.52. The van der Waals surface area contributed by atoms with E-state index in [-0.39, 0.29) is 18.6 Å². The van der Waals surface area contributed by atoms with Gasteiger partial charge < -0.3 is 14.2 Å². The Morgan fingerprint density at radius 1 is 1.10 bits per heavy atom. The summed E-state index contributed by atoms with van der Waals surface area (Å²) in [5.41, 5.74) is 7.27. The van der Waals surface area contributed by atoms with Crippen molar-refractivity contribution in [1.82, 2.24) is 10.9 Å². The minimum Gasteiger partial charge on any atom is -0.491 e. The first-order valence-electron chi connectivity index (χ1n) is 10.6. The molecule has 2 amide bonds. The molecule has 7 heteroatoms. The number of hydrogen-bond donors (Lipinski definition) is 2. The van der Waals surface area contributed by atoms with E-state index in [0.29, 0.717) is 23.7 Å². The molecule has 0 radical (unpaired) electrons. The third-order valence-corrected chi connectivity index (χ3v) is 5.04. The van der Waals surface area contributed by atoms with E-state index in [4.69, 9.17) is 14.2 Å². The van der Waals surface area contributed by atoms with Crippen molar-refractivity contribution in [2.75, 3.05) is 19.8 Å². The molecule has 166 valence electrons. The maximum absolute atomic E-state index is 12.3. The van der Waals surface area contributed by atoms with Gasteiger partial charge in [-0.3, -0.25) is 20.4 Å². The third-order valence-electron chi connectivity index (χ3n) is 5.04. The lowest BCUT2D eigenvalue weighted by Gasteiger charge is -2.15. The highest BCUT2D eigenvalue weighted by Gasteiger charge is 2.16. The molecule has 0 bridgehead atoms. The first-order valence-corrected chi connectivity index (χ1v) is 10.6. The quantitative estimate of drug-likeness (QED) is 0.631. The Bertz CT molecular complexity index is 889. The van der Waals surface area contributed by atoms with Crippen LogP contribution in [-0.2, 0) is 9.53 Å². The molecule has 0 aliphatic carbocycles. The molecular formula is C24H30N2O5. The van der Waals surface area contributed by atoms with Crippen LogP contribution in [0.25, 0.3) is 0 Å². The van der Waals surface area contributed by atoms with Crippen molar-refractivity contribution >= 4 is 11.8 Å². The molecule has 1 aliphatic rings. The van der Waals surface area contributed by atoms with Crippen molar-refractivity contribution in [3.8, 4) is 11.5 Å². The largest absolute Gasteiger partial charge is 0.491 e. The van der Waals surface area contributed by atoms with E-state index < -0.39 is 11.8 Å². The van der Waals surface area contributed by atoms with E-state index in [0.717, 1.165) is 30.6 Å². The molecule has 0 saturated carbocycles. The first kappa shape index (κ1) is 22.6. The molecule has 3 rings (SSSR count). The van der Waals surface area contributed by atoms with E-state index in [2.05, 4.69) is 24.7 Å². The van der Waals surface area contributed by atoms with Crippen molar-refractivity contribution in [3.05, 3.63) is 59.2 Å². The zero-order valence-electron chi connectivity index (χ0n) is 18.3. The van der Waals surface area contributed by atoms with Gasteiger partial charge in [-0.15, -0.1) is 0 Å². The van der Waals surface area contributed by atoms with Crippen LogP contribution >= 0.6 is 0 Å². The highest BCUT2D eigenvalue weighted by molar-refractivity contribution is 5.95. The fourth-order valence-corrected chi connectivity index (χ4v) is 3.29. The molecular weight excluding hydrogens is 396 g/mol. The highest BCUT2D eigenvalue weighted by Crippen LogP contribution is 2.27. The van der Waals surface area contributed by atoms with Gasteiger partial charge >= 0.3 is 0 Å². The molecule has 1 saturated heterocycles. The Morgan fingerprint density at radius 3 is 2.55 bits per heavy atom. The van der Waals surface area contributed by atoms with Crippen LogP contribution < -0.4 is 20.3 Å². The van der Waals surface area contributed by atoms with E-state index in [9.17, 15) is 9.59 Å². The van der Waals surface area contributed by atoms with Crippen LogP contribution in [0.4, 0.5) is 0 Å². The SMILES string of the molecule is Cc1ccc(C(C)C)c(OCC(=O)NNC(=O)c2ccc(OCC3CCCO3)cc2)c1. The molecule has 0 spiro atoms. The molecule has 1 aliphatic heterocycles. The van der Waals surface area contributed by atoms with Gasteiger partial charge in [0, 0.05) is 12.2 Å². The van der Waals surface area contributed by atoms with Crippen molar-refractivity contribution in [2.45, 2.75) is 45.6 Å². The zero-order valence-corrected chi connectivity index (χ0v) is 18.3. The fourth-order valence-electron chi connectivity index (χ4n) is 3.29. The summed E-state index contributed by atoms with van der Waals surface area (Å²) in [5.74, 6) is 0.758. The zero-order chi connectivity index (χ0) is 22.2. The summed E-state index contributed by atoms with van der Waals surface area (Å²) in [7, 11) is 0. The molecule has 1 atom stereocenters. The number of carbonyl (C=O) groups is 2. The molecule has 31 heavy (non-hydrogen) atoms. The van der Waals surface area contributed by atoms with Gasteiger partial charge in [0.05, 0.1) is 6.10 Å². The Balaban J connectivity index is 1.43. The highest BCUT2D eigenvalue weighted by atomic mass is 16.5. The van der Waals surface area contributed by atoms with E-state index in [1.54, 1.807) is 24.3 Å². The van der Waals surface area contributed by atoms with Crippen molar-refractivity contribution in [2.24, 2.45) is 0 Å². The summed E-state index contributed by atoms with van der Waals surface area (Å²) in [6, 6.07) is 12.7. The second-order valence-corrected chi connectivity index (χ2v) is 7.96. The number of amides is 2. The average molecular weight is 427 g/mol. The van der Waals surface area contributed by atoms with Gasteiger partial charge in [0.1, 0.15) is 18.1 Å². The van der Waals surface area contributed by atoms with E-state index in [1.807, 2.05) is 25.1 Å². The maximum atomic E-state index is 12.3. The maximum Gasteiger partial charge on any atom is 0.276 e. The lowest BCUT2D eigenvalue weighted by molar-refractivity contribution is -0.123. The molecule has 1 fully saturated rings. The molecule has 0 aromatic heterocycles. The number of rotatable bonds is 8. The van der Waals surface area contributed by atoms with Gasteiger partial charge in [0.25, 0.3) is 11.8 Å². The Morgan fingerprint density at radius 2 is 1.87 bits per heavy atom. The van der Waals surface area contributed by atoms with E-state index in [1.165, 1.54) is 0 Å². The summed E-state index contributed by atoms with van der Waals surface area (Å²) in [5, 5.41) is 0. The number of benzene rings is 2. The summed E-state index contributed by atoms with van der Waals surface area (Å²) in [6.07, 6.45) is 2.21. The lowest BCUT2D eigenvalue weighted by Crippen LogP contribution is -2.43. The number of aryl methyl sites for hydroxylation is 1. The number of hydrazine groups is 1. The van der Waals surface area contributed by atoms with Crippen molar-refractivity contribution in [3.63, 3.8) is 0 Å². The molecule has 2 aromatic carbocycles. The van der Waals surface area contributed by atoms with Gasteiger partial charge in [-0.25, -0.2) is 0 Å². The lowest BCUT2D eigenvalue weighted by atomic mass is 10.0. The fraction of sp³-hybridized carbons (Fsp3) is 0.417. The van der Waals surface area contributed by atoms with Crippen molar-refractivity contribution < 1.29 is 23.8 Å². The number of nitrogens with one attached hydrogen (secondary N) is 2. The second kappa shape index (κ2) is 10.8. The molecule has 1 unspecified atom stereocenters. The Hall–Kier alpha value is -3.06. The number of ether oxygens (including phenoxy) is 3. The second-order valence-electron chi connectivity index (χ2n) is 7.96. The number of carbonyl (C=O) groups excluding carboxylic acids is 2. The van der Waals surface area contributed by atoms with Crippen molar-refractivity contribution in [1.29, 1.82) is 0 Å². The van der Waals surface area contributed by atoms with Crippen LogP contribution in [0.3, 0.4) is 0 Å². The van der Waals surface area contributed by atoms with Gasteiger partial charge in [-0.05, 0) is 67.1 Å². The Labute approximate surface area is 183 Å². The van der Waals surface area contributed by atoms with Crippen LogP contribution in [0.1, 0.15) is 54.1 Å². The minimum absolute atomic E-state index is 0.136. The topological polar surface area (TPSA) is 85.9 Å². The first-order chi connectivity index (χ1) is 14.9. The average Bonchev–Trinajstić information content (AvgIpc) is 3.28. The molecule has 2 N–H and O–H groups in total. The summed E-state index contributed by atoms with van der Waals surface area (Å²) >= 11 is 0. The van der Waals surface area contributed by atoms with Crippen LogP contribution in [0.5, 0.6) is 11.5 Å². The third kappa shape index (κ3) is 6.72. The minimum atomic E-state index is -0.443. The van der Waals surface area contributed by atoms with Gasteiger partial charge in [-0.2, -0.15) is 0 Å². The van der Waals surface area contributed by atoms with Crippen LogP contribution in [0, 0.1) is 6.92 Å². The van der Waals surface area contributed by atoms with Gasteiger partial charge in [-0.1, -0.05) is 26.0 Å². The normalized spacial score (nSPS) is 15.5. The van der Waals surface area contributed by atoms with Crippen LogP contribution in [0.15, 0.2) is 42.5 Å². The molecule has 1 heterocycles. The van der Waals surface area contributed by atoms with Crippen LogP contribution in [-0.4, -0.2) is 37.7 Å². The summed E-state index contributed by atoms with van der Waals surface area (Å²) < 4.78 is 16.9. The summed E-state index contributed by atoms with van der Waals surface area (Å²) in [6.45, 7) is 7.19. The summed E-state index contributed by atoms with van der Waals surface area (Å²) in [4.78, 5) is 24.4. The van der Waals surface area contributed by atoms with E-state index >= 15 is 0 Å². The Kier molecular flexibility index (Phi) is 7.89. The molecule has 2 aromatic rings. The monoisotopic (exact) mass is 426 g/mol. The standard InChI is InChI=1S/C24H30N2O5/c1-16(2)21-11-6-17(3)13-22(21)31-15-23(27)25-26-24(28)18-7-9-19(10-8-18)30-14-20-5-4-12-29-20/h6-11,13,16,20H,4-5,12,14-15H2,1-3H3,(H,25,27)(H,26,28). The van der Waals surface area contributed by atoms with Crippen LogP contribution in [0.2, 0.25) is 0 Å².